The molecule has 1 aliphatic rings. The molecule has 0 bridgehead atoms. The van der Waals surface area contributed by atoms with Crippen molar-refractivity contribution in [3.63, 3.8) is 0 Å². The molecule has 0 saturated carbocycles. The highest BCUT2D eigenvalue weighted by Gasteiger charge is 2.20. The summed E-state index contributed by atoms with van der Waals surface area (Å²) in [6, 6.07) is 8.36. The van der Waals surface area contributed by atoms with Crippen molar-refractivity contribution < 1.29 is 4.79 Å². The summed E-state index contributed by atoms with van der Waals surface area (Å²) in [6.07, 6.45) is 10.4. The number of thiazole rings is 1. The van der Waals surface area contributed by atoms with Crippen molar-refractivity contribution in [3.05, 3.63) is 40.4 Å². The molecule has 0 spiro atoms. The van der Waals surface area contributed by atoms with E-state index in [9.17, 15) is 4.79 Å². The lowest BCUT2D eigenvalue weighted by molar-refractivity contribution is 0.0796. The van der Waals surface area contributed by atoms with Gasteiger partial charge in [0.25, 0.3) is 5.91 Å². The molecule has 0 radical (unpaired) electrons. The maximum absolute atomic E-state index is 12.8. The zero-order chi connectivity index (χ0) is 26.2. The summed E-state index contributed by atoms with van der Waals surface area (Å²) >= 11 is 1.52. The molecule has 1 aromatic carbocycles. The first-order valence-corrected chi connectivity index (χ1v) is 14.7. The Kier molecular flexibility index (Phi) is 15.8. The highest BCUT2D eigenvalue weighted by atomic mass is 32.1. The third kappa shape index (κ3) is 10.8. The maximum atomic E-state index is 12.8. The van der Waals surface area contributed by atoms with E-state index in [4.69, 9.17) is 4.98 Å². The molecule has 0 atom stereocenters. The Balaban J connectivity index is 0.000000512. The summed E-state index contributed by atoms with van der Waals surface area (Å²) < 4.78 is 0. The summed E-state index contributed by atoms with van der Waals surface area (Å²) in [4.78, 5) is 22.5. The summed E-state index contributed by atoms with van der Waals surface area (Å²) in [5, 5.41) is 0.949. The van der Waals surface area contributed by atoms with Crippen LogP contribution in [0.3, 0.4) is 0 Å². The maximum Gasteiger partial charge on any atom is 0.265 e. The Hall–Kier alpha value is -1.72. The second-order valence-electron chi connectivity index (χ2n) is 9.68. The van der Waals surface area contributed by atoms with Crippen molar-refractivity contribution in [1.29, 1.82) is 0 Å². The lowest BCUT2D eigenvalue weighted by atomic mass is 9.98. The van der Waals surface area contributed by atoms with Gasteiger partial charge in [-0.15, -0.1) is 11.3 Å². The van der Waals surface area contributed by atoms with Gasteiger partial charge in [0.1, 0.15) is 9.88 Å². The van der Waals surface area contributed by atoms with Crippen molar-refractivity contribution in [3.8, 4) is 10.6 Å². The SMILES string of the molecule is CC.CCCCCCN(C)C(=O)c1sc(-c2ccccc2C(C)C)nc1C.CN1CCCCCC1. The van der Waals surface area contributed by atoms with E-state index in [2.05, 4.69) is 50.9 Å². The normalized spacial score (nSPS) is 13.9. The first kappa shape index (κ1) is 31.3. The second kappa shape index (κ2) is 17.7. The van der Waals surface area contributed by atoms with Crippen LogP contribution in [0.2, 0.25) is 0 Å². The van der Waals surface area contributed by atoms with Gasteiger partial charge in [0, 0.05) is 19.2 Å². The molecule has 198 valence electrons. The number of rotatable bonds is 8. The number of carbonyl (C=O) groups is 1. The van der Waals surface area contributed by atoms with E-state index in [-0.39, 0.29) is 5.91 Å². The number of likely N-dealkylation sites (tertiary alicyclic amines) is 1. The van der Waals surface area contributed by atoms with Gasteiger partial charge in [-0.2, -0.15) is 0 Å². The van der Waals surface area contributed by atoms with Crippen molar-refractivity contribution in [2.24, 2.45) is 0 Å². The number of aryl methyl sites for hydroxylation is 1. The van der Waals surface area contributed by atoms with Gasteiger partial charge in [-0.1, -0.05) is 91.0 Å². The highest BCUT2D eigenvalue weighted by molar-refractivity contribution is 7.17. The number of benzene rings is 1. The van der Waals surface area contributed by atoms with Gasteiger partial charge in [-0.3, -0.25) is 4.79 Å². The van der Waals surface area contributed by atoms with Gasteiger partial charge in [0.15, 0.2) is 0 Å². The predicted molar refractivity (Wildman–Crippen MR) is 155 cm³/mol. The Bertz CT molecular complexity index is 838. The van der Waals surface area contributed by atoms with E-state index in [0.717, 1.165) is 34.1 Å². The Morgan fingerprint density at radius 2 is 1.69 bits per heavy atom. The minimum absolute atomic E-state index is 0.0970. The van der Waals surface area contributed by atoms with Gasteiger partial charge in [0.05, 0.1) is 5.69 Å². The number of unbranched alkanes of at least 4 members (excludes halogenated alkanes) is 3. The van der Waals surface area contributed by atoms with E-state index in [1.807, 2.05) is 38.8 Å². The molecule has 2 heterocycles. The Morgan fingerprint density at radius 3 is 2.29 bits per heavy atom. The smallest absolute Gasteiger partial charge is 0.265 e. The van der Waals surface area contributed by atoms with E-state index in [1.165, 1.54) is 74.9 Å². The third-order valence-electron chi connectivity index (χ3n) is 6.33. The van der Waals surface area contributed by atoms with Crippen LogP contribution in [0.5, 0.6) is 0 Å². The molecule has 3 rings (SSSR count). The predicted octanol–water partition coefficient (Wildman–Crippen LogP) is 8.41. The molecular formula is C30H51N3OS. The van der Waals surface area contributed by atoms with E-state index >= 15 is 0 Å². The topological polar surface area (TPSA) is 36.4 Å². The molecule has 1 saturated heterocycles. The summed E-state index contributed by atoms with van der Waals surface area (Å²) in [5.41, 5.74) is 3.27. The standard InChI is InChI=1S/C21H30N2OS.C7H15N.C2H6/c1-6-7-8-11-14-23(5)21(24)19-16(4)22-20(25-19)18-13-10-9-12-17(18)15(2)3;1-8-6-4-2-3-5-7-8;1-2/h9-10,12-13,15H,6-8,11,14H2,1-5H3;2-7H2,1H3;1-2H3. The number of nitrogens with zero attached hydrogens (tertiary/aromatic N) is 3. The highest BCUT2D eigenvalue weighted by Crippen LogP contribution is 2.34. The minimum Gasteiger partial charge on any atom is -0.341 e. The van der Waals surface area contributed by atoms with Crippen molar-refractivity contribution in [2.75, 3.05) is 33.7 Å². The Morgan fingerprint density at radius 1 is 1.06 bits per heavy atom. The van der Waals surface area contributed by atoms with Crippen LogP contribution in [0.4, 0.5) is 0 Å². The van der Waals surface area contributed by atoms with Gasteiger partial charge in [-0.05, 0) is 57.8 Å². The molecule has 0 unspecified atom stereocenters. The van der Waals surface area contributed by atoms with Crippen LogP contribution in [-0.4, -0.2) is 54.4 Å². The summed E-state index contributed by atoms with van der Waals surface area (Å²) in [7, 11) is 4.11. The van der Waals surface area contributed by atoms with Gasteiger partial charge in [0.2, 0.25) is 0 Å². The zero-order valence-electron chi connectivity index (χ0n) is 23.8. The Labute approximate surface area is 220 Å². The van der Waals surface area contributed by atoms with Crippen molar-refractivity contribution >= 4 is 17.2 Å². The molecule has 35 heavy (non-hydrogen) atoms. The number of carbonyl (C=O) groups excluding carboxylic acids is 1. The van der Waals surface area contributed by atoms with Crippen LogP contribution in [0.15, 0.2) is 24.3 Å². The van der Waals surface area contributed by atoms with Crippen LogP contribution < -0.4 is 0 Å². The second-order valence-corrected chi connectivity index (χ2v) is 10.7. The van der Waals surface area contributed by atoms with Crippen LogP contribution in [0.25, 0.3) is 10.6 Å². The first-order valence-electron chi connectivity index (χ1n) is 13.9. The quantitative estimate of drug-likeness (QED) is 0.341. The summed E-state index contributed by atoms with van der Waals surface area (Å²) in [5.74, 6) is 0.528. The van der Waals surface area contributed by atoms with Crippen LogP contribution >= 0.6 is 11.3 Å². The molecule has 4 nitrogen and oxygen atoms in total. The number of hydrogen-bond donors (Lipinski definition) is 0. The fourth-order valence-corrected chi connectivity index (χ4v) is 5.29. The molecule has 1 fully saturated rings. The van der Waals surface area contributed by atoms with Crippen molar-refractivity contribution in [1.82, 2.24) is 14.8 Å². The molecule has 0 N–H and O–H groups in total. The van der Waals surface area contributed by atoms with Gasteiger partial charge >= 0.3 is 0 Å². The molecule has 1 aromatic heterocycles. The minimum atomic E-state index is 0.0970. The lowest BCUT2D eigenvalue weighted by Gasteiger charge is -2.16. The molecule has 2 aromatic rings. The van der Waals surface area contributed by atoms with E-state index < -0.39 is 0 Å². The average molecular weight is 502 g/mol. The van der Waals surface area contributed by atoms with Crippen LogP contribution in [0.1, 0.15) is 113 Å². The molecule has 1 amide bonds. The first-order chi connectivity index (χ1) is 16.8. The average Bonchev–Trinajstić information content (AvgIpc) is 3.09. The largest absolute Gasteiger partial charge is 0.341 e. The number of aromatic nitrogens is 1. The zero-order valence-corrected chi connectivity index (χ0v) is 24.6. The van der Waals surface area contributed by atoms with Gasteiger partial charge in [-0.25, -0.2) is 4.98 Å². The monoisotopic (exact) mass is 501 g/mol. The fourth-order valence-electron chi connectivity index (χ4n) is 4.18. The molecular weight excluding hydrogens is 450 g/mol. The van der Waals surface area contributed by atoms with Gasteiger partial charge < -0.3 is 9.80 Å². The van der Waals surface area contributed by atoms with Crippen LogP contribution in [-0.2, 0) is 0 Å². The van der Waals surface area contributed by atoms with E-state index in [1.54, 1.807) is 0 Å². The third-order valence-corrected chi connectivity index (χ3v) is 7.51. The molecule has 5 heteroatoms. The number of amides is 1. The van der Waals surface area contributed by atoms with E-state index in [0.29, 0.717) is 5.92 Å². The lowest BCUT2D eigenvalue weighted by Crippen LogP contribution is -2.27. The summed E-state index contributed by atoms with van der Waals surface area (Å²) in [6.45, 7) is 16.0. The molecule has 0 aliphatic carbocycles. The fraction of sp³-hybridized carbons (Fsp3) is 0.667. The number of hydrogen-bond acceptors (Lipinski definition) is 4. The van der Waals surface area contributed by atoms with Crippen molar-refractivity contribution in [2.45, 2.75) is 98.8 Å². The molecule has 1 aliphatic heterocycles. The van der Waals surface area contributed by atoms with Crippen LogP contribution in [0, 0.1) is 6.92 Å².